The quantitative estimate of drug-likeness (QED) is 0.272. The van der Waals surface area contributed by atoms with Crippen LogP contribution in [0, 0.1) is 0 Å². The van der Waals surface area contributed by atoms with Gasteiger partial charge in [0.05, 0.1) is 16.5 Å². The summed E-state index contributed by atoms with van der Waals surface area (Å²) in [7, 11) is 0. The predicted octanol–water partition coefficient (Wildman–Crippen LogP) is 5.56. The van der Waals surface area contributed by atoms with Gasteiger partial charge in [0.1, 0.15) is 0 Å². The minimum absolute atomic E-state index is 0.143. The lowest BCUT2D eigenvalue weighted by molar-refractivity contribution is -0.118. The number of amides is 1. The molecule has 0 aliphatic heterocycles. The second kappa shape index (κ2) is 10.3. The number of nitrogens with one attached hydrogen (secondary N) is 1. The summed E-state index contributed by atoms with van der Waals surface area (Å²) < 4.78 is 1.95. The summed E-state index contributed by atoms with van der Waals surface area (Å²) in [5.74, 6) is 0.607. The Balaban J connectivity index is 1.64. The Bertz CT molecular complexity index is 1080. The van der Waals surface area contributed by atoms with Gasteiger partial charge in [-0.3, -0.25) is 4.79 Å². The Morgan fingerprint density at radius 2 is 1.80 bits per heavy atom. The maximum Gasteiger partial charge on any atom is 0.250 e. The van der Waals surface area contributed by atoms with Crippen molar-refractivity contribution in [3.05, 3.63) is 63.1 Å². The Morgan fingerprint density at radius 1 is 1.10 bits per heavy atom. The molecule has 1 aromatic heterocycles. The molecule has 0 radical (unpaired) electrons. The number of halogens is 3. The molecule has 0 aliphatic rings. The zero-order valence-electron chi connectivity index (χ0n) is 16.2. The average molecular weight is 483 g/mol. The molecule has 30 heavy (non-hydrogen) atoms. The van der Waals surface area contributed by atoms with Crippen molar-refractivity contribution in [3.63, 3.8) is 0 Å². The number of hydrogen-bond acceptors (Lipinski definition) is 5. The van der Waals surface area contributed by atoms with Gasteiger partial charge in [0.2, 0.25) is 0 Å². The Morgan fingerprint density at radius 3 is 2.47 bits per heavy atom. The fourth-order valence-electron chi connectivity index (χ4n) is 2.64. The number of benzene rings is 2. The molecule has 2 aromatic carbocycles. The first-order valence-corrected chi connectivity index (χ1v) is 11.1. The maximum absolute atomic E-state index is 12.2. The molecule has 0 unspecified atom stereocenters. The van der Waals surface area contributed by atoms with Crippen molar-refractivity contribution in [2.24, 2.45) is 5.10 Å². The summed E-state index contributed by atoms with van der Waals surface area (Å²) in [6.07, 6.45) is 0. The molecule has 0 bridgehead atoms. The van der Waals surface area contributed by atoms with Crippen LogP contribution in [0.3, 0.4) is 0 Å². The number of rotatable bonds is 7. The molecule has 1 N–H and O–H groups in total. The molecule has 0 atom stereocenters. The number of aromatic nitrogens is 3. The summed E-state index contributed by atoms with van der Waals surface area (Å²) >= 11 is 19.3. The van der Waals surface area contributed by atoms with Crippen LogP contribution in [0.5, 0.6) is 0 Å². The standard InChI is InChI=1S/C20H18Cl3N5OS/c1-3-28-19(13-4-6-14(21)7-5-13)26-27-20(28)30-11-18(29)25-24-12(2)16-9-8-15(22)10-17(16)23/h4-10H,3,11H2,1-2H3,(H,25,29). The molecule has 10 heteroatoms. The van der Waals surface area contributed by atoms with Crippen molar-refractivity contribution in [3.8, 4) is 11.4 Å². The fraction of sp³-hybridized carbons (Fsp3) is 0.200. The van der Waals surface area contributed by atoms with Gasteiger partial charge >= 0.3 is 0 Å². The van der Waals surface area contributed by atoms with Gasteiger partial charge in [0.15, 0.2) is 11.0 Å². The van der Waals surface area contributed by atoms with E-state index >= 15 is 0 Å². The van der Waals surface area contributed by atoms with E-state index in [0.717, 1.165) is 11.4 Å². The zero-order chi connectivity index (χ0) is 21.7. The van der Waals surface area contributed by atoms with Crippen LogP contribution in [-0.2, 0) is 11.3 Å². The molecule has 3 rings (SSSR count). The lowest BCUT2D eigenvalue weighted by Gasteiger charge is -2.07. The SMILES string of the molecule is CCn1c(SCC(=O)NN=C(C)c2ccc(Cl)cc2Cl)nnc1-c1ccc(Cl)cc1. The largest absolute Gasteiger partial charge is 0.302 e. The lowest BCUT2D eigenvalue weighted by Crippen LogP contribution is -2.21. The van der Waals surface area contributed by atoms with Crippen LogP contribution in [0.25, 0.3) is 11.4 Å². The van der Waals surface area contributed by atoms with Crippen molar-refractivity contribution in [2.45, 2.75) is 25.5 Å². The van der Waals surface area contributed by atoms with Gasteiger partial charge in [0, 0.05) is 27.7 Å². The van der Waals surface area contributed by atoms with Crippen LogP contribution in [-0.4, -0.2) is 32.1 Å². The number of nitrogens with zero attached hydrogens (tertiary/aromatic N) is 4. The van der Waals surface area contributed by atoms with Crippen molar-refractivity contribution >= 4 is 58.2 Å². The van der Waals surface area contributed by atoms with Crippen molar-refractivity contribution < 1.29 is 4.79 Å². The molecular formula is C20H18Cl3N5OS. The van der Waals surface area contributed by atoms with Crippen LogP contribution in [0.15, 0.2) is 52.7 Å². The Kier molecular flexibility index (Phi) is 7.77. The summed E-state index contributed by atoms with van der Waals surface area (Å²) in [4.78, 5) is 12.2. The van der Waals surface area contributed by atoms with Crippen LogP contribution >= 0.6 is 46.6 Å². The van der Waals surface area contributed by atoms with Gasteiger partial charge in [-0.1, -0.05) is 52.6 Å². The highest BCUT2D eigenvalue weighted by atomic mass is 35.5. The van der Waals surface area contributed by atoms with Crippen LogP contribution in [0.4, 0.5) is 0 Å². The summed E-state index contributed by atoms with van der Waals surface area (Å²) in [6, 6.07) is 12.5. The monoisotopic (exact) mass is 481 g/mol. The molecule has 6 nitrogen and oxygen atoms in total. The molecule has 0 fully saturated rings. The highest BCUT2D eigenvalue weighted by Crippen LogP contribution is 2.25. The molecule has 0 spiro atoms. The summed E-state index contributed by atoms with van der Waals surface area (Å²) in [6.45, 7) is 4.42. The van der Waals surface area contributed by atoms with E-state index < -0.39 is 0 Å². The van der Waals surface area contributed by atoms with Gasteiger partial charge < -0.3 is 4.57 Å². The van der Waals surface area contributed by atoms with E-state index in [1.807, 2.05) is 23.6 Å². The van der Waals surface area contributed by atoms with Gasteiger partial charge in [-0.05, 0) is 50.2 Å². The van der Waals surface area contributed by atoms with Gasteiger partial charge in [0.25, 0.3) is 5.91 Å². The van der Waals surface area contributed by atoms with Crippen molar-refractivity contribution in [1.82, 2.24) is 20.2 Å². The third-order valence-electron chi connectivity index (χ3n) is 4.14. The van der Waals surface area contributed by atoms with E-state index in [1.54, 1.807) is 37.3 Å². The number of carbonyl (C=O) groups excluding carboxylic acids is 1. The minimum Gasteiger partial charge on any atom is -0.302 e. The number of thioether (sulfide) groups is 1. The molecule has 0 saturated carbocycles. The topological polar surface area (TPSA) is 72.2 Å². The Hall–Kier alpha value is -2.06. The maximum atomic E-state index is 12.2. The number of hydrogen-bond donors (Lipinski definition) is 1. The van der Waals surface area contributed by atoms with E-state index in [-0.39, 0.29) is 11.7 Å². The average Bonchev–Trinajstić information content (AvgIpc) is 3.14. The predicted molar refractivity (Wildman–Crippen MR) is 124 cm³/mol. The second-order valence-electron chi connectivity index (χ2n) is 6.20. The van der Waals surface area contributed by atoms with Gasteiger partial charge in [-0.15, -0.1) is 10.2 Å². The Labute approximate surface area is 193 Å². The fourth-order valence-corrected chi connectivity index (χ4v) is 4.11. The van der Waals surface area contributed by atoms with Crippen LogP contribution in [0.2, 0.25) is 15.1 Å². The molecule has 3 aromatic rings. The van der Waals surface area contributed by atoms with E-state index in [1.165, 1.54) is 11.8 Å². The smallest absolute Gasteiger partial charge is 0.250 e. The summed E-state index contributed by atoms with van der Waals surface area (Å²) in [5.41, 5.74) is 4.73. The summed E-state index contributed by atoms with van der Waals surface area (Å²) in [5, 5.41) is 14.9. The number of hydrazone groups is 1. The van der Waals surface area contributed by atoms with Crippen LogP contribution in [0.1, 0.15) is 19.4 Å². The first-order chi connectivity index (χ1) is 14.4. The first kappa shape index (κ1) is 22.6. The van der Waals surface area contributed by atoms with E-state index in [4.69, 9.17) is 34.8 Å². The second-order valence-corrected chi connectivity index (χ2v) is 8.42. The van der Waals surface area contributed by atoms with E-state index in [2.05, 4.69) is 20.7 Å². The van der Waals surface area contributed by atoms with Gasteiger partial charge in [-0.25, -0.2) is 5.43 Å². The van der Waals surface area contributed by atoms with E-state index in [9.17, 15) is 4.79 Å². The molecule has 0 saturated heterocycles. The third kappa shape index (κ3) is 5.55. The van der Waals surface area contributed by atoms with E-state index in [0.29, 0.717) is 38.0 Å². The van der Waals surface area contributed by atoms with Gasteiger partial charge in [-0.2, -0.15) is 5.10 Å². The van der Waals surface area contributed by atoms with Crippen molar-refractivity contribution in [1.29, 1.82) is 0 Å². The molecule has 1 amide bonds. The highest BCUT2D eigenvalue weighted by molar-refractivity contribution is 7.99. The van der Waals surface area contributed by atoms with Crippen molar-refractivity contribution in [2.75, 3.05) is 5.75 Å². The highest BCUT2D eigenvalue weighted by Gasteiger charge is 2.14. The molecule has 156 valence electrons. The lowest BCUT2D eigenvalue weighted by atomic mass is 10.1. The zero-order valence-corrected chi connectivity index (χ0v) is 19.3. The molecular weight excluding hydrogens is 465 g/mol. The normalized spacial score (nSPS) is 11.6. The third-order valence-corrected chi connectivity index (χ3v) is 5.90. The minimum atomic E-state index is -0.261. The number of carbonyl (C=O) groups is 1. The first-order valence-electron chi connectivity index (χ1n) is 8.99. The molecule has 0 aliphatic carbocycles. The van der Waals surface area contributed by atoms with Crippen LogP contribution < -0.4 is 5.43 Å². The molecule has 1 heterocycles.